The van der Waals surface area contributed by atoms with Crippen molar-refractivity contribution < 1.29 is 19.1 Å². The Morgan fingerprint density at radius 3 is 2.56 bits per heavy atom. The van der Waals surface area contributed by atoms with Gasteiger partial charge in [0.15, 0.2) is 0 Å². The van der Waals surface area contributed by atoms with Gasteiger partial charge in [-0.15, -0.1) is 0 Å². The van der Waals surface area contributed by atoms with E-state index in [4.69, 9.17) is 9.47 Å². The Kier molecular flexibility index (Phi) is 7.75. The van der Waals surface area contributed by atoms with Gasteiger partial charge < -0.3 is 19.8 Å². The van der Waals surface area contributed by atoms with Crippen LogP contribution < -0.4 is 15.6 Å². The Morgan fingerprint density at radius 2 is 1.84 bits per heavy atom. The van der Waals surface area contributed by atoms with Gasteiger partial charge in [-0.1, -0.05) is 37.6 Å². The SMILES string of the molecule is CCCCOC(=O)c1ccccc1NC(=O)c1cc(=O)[nH]c(Cc2ccc(OC)cc2)n1. The third-order valence-electron chi connectivity index (χ3n) is 4.68. The van der Waals surface area contributed by atoms with Crippen molar-refractivity contribution in [3.8, 4) is 5.75 Å². The average molecular weight is 435 g/mol. The van der Waals surface area contributed by atoms with E-state index in [1.54, 1.807) is 43.5 Å². The van der Waals surface area contributed by atoms with Gasteiger partial charge >= 0.3 is 5.97 Å². The minimum Gasteiger partial charge on any atom is -0.497 e. The Bertz CT molecular complexity index is 1140. The number of H-pyrrole nitrogens is 1. The zero-order chi connectivity index (χ0) is 22.9. The Morgan fingerprint density at radius 1 is 1.09 bits per heavy atom. The second-order valence-electron chi connectivity index (χ2n) is 7.09. The van der Waals surface area contributed by atoms with E-state index in [0.717, 1.165) is 30.2 Å². The summed E-state index contributed by atoms with van der Waals surface area (Å²) >= 11 is 0. The average Bonchev–Trinajstić information content (AvgIpc) is 2.79. The van der Waals surface area contributed by atoms with Gasteiger partial charge in [0.05, 0.1) is 25.0 Å². The van der Waals surface area contributed by atoms with E-state index < -0.39 is 17.4 Å². The molecule has 0 radical (unpaired) electrons. The summed E-state index contributed by atoms with van der Waals surface area (Å²) in [6, 6.07) is 15.0. The van der Waals surface area contributed by atoms with Crippen molar-refractivity contribution >= 4 is 17.6 Å². The first-order valence-electron chi connectivity index (χ1n) is 10.3. The summed E-state index contributed by atoms with van der Waals surface area (Å²) in [5, 5.41) is 2.66. The summed E-state index contributed by atoms with van der Waals surface area (Å²) < 4.78 is 10.4. The van der Waals surface area contributed by atoms with Crippen LogP contribution in [0.15, 0.2) is 59.4 Å². The van der Waals surface area contributed by atoms with Crippen molar-refractivity contribution in [2.45, 2.75) is 26.2 Å². The number of hydrogen-bond donors (Lipinski definition) is 2. The molecular formula is C24H25N3O5. The molecule has 0 bridgehead atoms. The molecule has 0 unspecified atom stereocenters. The van der Waals surface area contributed by atoms with Crippen molar-refractivity contribution in [2.24, 2.45) is 0 Å². The van der Waals surface area contributed by atoms with Crippen molar-refractivity contribution in [3.05, 3.63) is 87.6 Å². The Balaban J connectivity index is 1.77. The monoisotopic (exact) mass is 435 g/mol. The maximum Gasteiger partial charge on any atom is 0.340 e. The summed E-state index contributed by atoms with van der Waals surface area (Å²) in [6.45, 7) is 2.31. The summed E-state index contributed by atoms with van der Waals surface area (Å²) in [7, 11) is 1.58. The van der Waals surface area contributed by atoms with Gasteiger partial charge in [-0.2, -0.15) is 0 Å². The first kappa shape index (κ1) is 22.7. The number of nitrogens with one attached hydrogen (secondary N) is 2. The molecule has 0 saturated heterocycles. The molecule has 0 fully saturated rings. The lowest BCUT2D eigenvalue weighted by atomic mass is 10.1. The lowest BCUT2D eigenvalue weighted by Crippen LogP contribution is -2.21. The smallest absolute Gasteiger partial charge is 0.340 e. The summed E-state index contributed by atoms with van der Waals surface area (Å²) in [4.78, 5) is 44.2. The number of para-hydroxylation sites is 1. The fourth-order valence-electron chi connectivity index (χ4n) is 2.99. The first-order chi connectivity index (χ1) is 15.5. The maximum atomic E-state index is 12.8. The van der Waals surface area contributed by atoms with E-state index in [-0.39, 0.29) is 16.9 Å². The van der Waals surface area contributed by atoms with Crippen LogP contribution in [0.5, 0.6) is 5.75 Å². The number of rotatable bonds is 9. The molecule has 0 aliphatic heterocycles. The number of aromatic nitrogens is 2. The number of ether oxygens (including phenoxy) is 2. The van der Waals surface area contributed by atoms with Crippen molar-refractivity contribution in [1.82, 2.24) is 9.97 Å². The van der Waals surface area contributed by atoms with Crippen LogP contribution in [-0.2, 0) is 11.2 Å². The van der Waals surface area contributed by atoms with Crippen LogP contribution in [0.1, 0.15) is 52.0 Å². The van der Waals surface area contributed by atoms with Crippen LogP contribution >= 0.6 is 0 Å². The maximum absolute atomic E-state index is 12.8. The molecule has 0 aliphatic carbocycles. The van der Waals surface area contributed by atoms with Crippen molar-refractivity contribution in [1.29, 1.82) is 0 Å². The lowest BCUT2D eigenvalue weighted by Gasteiger charge is -2.11. The normalized spacial score (nSPS) is 10.4. The van der Waals surface area contributed by atoms with Gasteiger partial charge in [0.1, 0.15) is 17.3 Å². The molecule has 1 aromatic heterocycles. The molecule has 32 heavy (non-hydrogen) atoms. The van der Waals surface area contributed by atoms with E-state index >= 15 is 0 Å². The largest absolute Gasteiger partial charge is 0.497 e. The first-order valence-corrected chi connectivity index (χ1v) is 10.3. The fourth-order valence-corrected chi connectivity index (χ4v) is 2.99. The third kappa shape index (κ3) is 6.04. The van der Waals surface area contributed by atoms with Crippen LogP contribution in [0.3, 0.4) is 0 Å². The van der Waals surface area contributed by atoms with Gasteiger partial charge in [-0.3, -0.25) is 9.59 Å². The molecule has 2 N–H and O–H groups in total. The highest BCUT2D eigenvalue weighted by molar-refractivity contribution is 6.07. The van der Waals surface area contributed by atoms with Gasteiger partial charge in [0, 0.05) is 12.5 Å². The number of unbranched alkanes of at least 4 members (excludes halogenated alkanes) is 1. The minimum atomic E-state index is -0.596. The molecule has 0 saturated carbocycles. The minimum absolute atomic E-state index is 0.0496. The number of nitrogens with zero attached hydrogens (tertiary/aromatic N) is 1. The van der Waals surface area contributed by atoms with Gasteiger partial charge in [0.25, 0.3) is 11.5 Å². The lowest BCUT2D eigenvalue weighted by molar-refractivity contribution is 0.0501. The molecule has 3 rings (SSSR count). The quantitative estimate of drug-likeness (QED) is 0.393. The predicted octanol–water partition coefficient (Wildman–Crippen LogP) is 3.58. The molecule has 0 spiro atoms. The highest BCUT2D eigenvalue weighted by Crippen LogP contribution is 2.18. The van der Waals surface area contributed by atoms with Crippen LogP contribution in [0.2, 0.25) is 0 Å². The highest BCUT2D eigenvalue weighted by atomic mass is 16.5. The molecule has 0 aliphatic rings. The third-order valence-corrected chi connectivity index (χ3v) is 4.68. The number of aromatic amines is 1. The van der Waals surface area contributed by atoms with E-state index in [1.165, 1.54) is 0 Å². The molecule has 8 nitrogen and oxygen atoms in total. The molecule has 166 valence electrons. The standard InChI is InChI=1S/C24H25N3O5/c1-3-4-13-32-24(30)18-7-5-6-8-19(18)26-23(29)20-15-22(28)27-21(25-20)14-16-9-11-17(31-2)12-10-16/h5-12,15H,3-4,13-14H2,1-2H3,(H,26,29)(H,25,27,28). The molecule has 2 aromatic carbocycles. The van der Waals surface area contributed by atoms with Crippen LogP contribution in [0, 0.1) is 0 Å². The predicted molar refractivity (Wildman–Crippen MR) is 120 cm³/mol. The molecule has 1 heterocycles. The number of esters is 1. The van der Waals surface area contributed by atoms with E-state index in [2.05, 4.69) is 15.3 Å². The zero-order valence-electron chi connectivity index (χ0n) is 18.0. The number of anilines is 1. The molecule has 8 heteroatoms. The summed E-state index contributed by atoms with van der Waals surface area (Å²) in [5.74, 6) is -0.0513. The van der Waals surface area contributed by atoms with E-state index in [1.807, 2.05) is 19.1 Å². The van der Waals surface area contributed by atoms with Crippen molar-refractivity contribution in [3.63, 3.8) is 0 Å². The molecule has 0 atom stereocenters. The van der Waals surface area contributed by atoms with Gasteiger partial charge in [-0.25, -0.2) is 9.78 Å². The number of carbonyl (C=O) groups excluding carboxylic acids is 2. The zero-order valence-corrected chi connectivity index (χ0v) is 18.0. The summed E-state index contributed by atoms with van der Waals surface area (Å²) in [5.41, 5.74) is 0.928. The molecular weight excluding hydrogens is 410 g/mol. The topological polar surface area (TPSA) is 110 Å². The van der Waals surface area contributed by atoms with Crippen LogP contribution in [0.4, 0.5) is 5.69 Å². The van der Waals surface area contributed by atoms with Crippen LogP contribution in [-0.4, -0.2) is 35.6 Å². The second-order valence-corrected chi connectivity index (χ2v) is 7.09. The summed E-state index contributed by atoms with van der Waals surface area (Å²) in [6.07, 6.45) is 1.99. The second kappa shape index (κ2) is 10.9. The number of benzene rings is 2. The number of methoxy groups -OCH3 is 1. The van der Waals surface area contributed by atoms with Gasteiger partial charge in [0.2, 0.25) is 0 Å². The molecule has 1 amide bonds. The highest BCUT2D eigenvalue weighted by Gasteiger charge is 2.17. The van der Waals surface area contributed by atoms with E-state index in [0.29, 0.717) is 18.9 Å². The van der Waals surface area contributed by atoms with Gasteiger partial charge in [-0.05, 0) is 36.2 Å². The number of hydrogen-bond acceptors (Lipinski definition) is 6. The Hall–Kier alpha value is -3.94. The Labute approximate surface area is 185 Å². The fraction of sp³-hybridized carbons (Fsp3) is 0.250. The number of amides is 1. The van der Waals surface area contributed by atoms with Crippen molar-refractivity contribution in [2.75, 3.05) is 19.0 Å². The van der Waals surface area contributed by atoms with E-state index in [9.17, 15) is 14.4 Å². The number of carbonyl (C=O) groups is 2. The molecule has 3 aromatic rings. The van der Waals surface area contributed by atoms with Crippen LogP contribution in [0.25, 0.3) is 0 Å².